The summed E-state index contributed by atoms with van der Waals surface area (Å²) in [5.74, 6) is -1.45. The molecule has 0 amide bonds. The number of terminal acetylenes is 1. The van der Waals surface area contributed by atoms with E-state index in [1.165, 1.54) is 0 Å². The molecule has 0 aromatic carbocycles. The summed E-state index contributed by atoms with van der Waals surface area (Å²) in [6, 6.07) is 1.000. The highest BCUT2D eigenvalue weighted by molar-refractivity contribution is 7.71. The molecule has 1 saturated heterocycles. The number of alkyl halides is 2. The Morgan fingerprint density at radius 3 is 2.80 bits per heavy atom. The molecule has 4 atom stereocenters. The highest BCUT2D eigenvalue weighted by atomic mass is 32.1. The zero-order valence-corrected chi connectivity index (χ0v) is 10.7. The molecule has 0 spiro atoms. The quantitative estimate of drug-likeness (QED) is 0.520. The maximum Gasteiger partial charge on any atom is 0.264 e. The summed E-state index contributed by atoms with van der Waals surface area (Å²) in [5.41, 5.74) is -3.52. The lowest BCUT2D eigenvalue weighted by Crippen LogP contribution is -2.47. The molecule has 108 valence electrons. The fraction of sp³-hybridized carbons (Fsp3) is 0.455. The minimum atomic E-state index is -3.07. The minimum absolute atomic E-state index is 0.269. The van der Waals surface area contributed by atoms with E-state index in [-0.39, 0.29) is 4.77 Å². The summed E-state index contributed by atoms with van der Waals surface area (Å²) in [4.78, 5) is 13.2. The van der Waals surface area contributed by atoms with Crippen LogP contribution in [-0.4, -0.2) is 44.0 Å². The Bertz CT molecular complexity index is 684. The topological polar surface area (TPSA) is 87.5 Å². The van der Waals surface area contributed by atoms with Gasteiger partial charge in [0.05, 0.1) is 0 Å². The van der Waals surface area contributed by atoms with Crippen molar-refractivity contribution in [1.82, 2.24) is 9.55 Å². The van der Waals surface area contributed by atoms with Crippen LogP contribution in [0.2, 0.25) is 0 Å². The van der Waals surface area contributed by atoms with Crippen molar-refractivity contribution in [1.29, 1.82) is 0 Å². The maximum absolute atomic E-state index is 14.6. The average Bonchev–Trinajstić information content (AvgIpc) is 2.62. The van der Waals surface area contributed by atoms with Crippen LogP contribution in [0.25, 0.3) is 0 Å². The number of nitrogens with zero attached hydrogens (tertiary/aromatic N) is 1. The highest BCUT2D eigenvalue weighted by Crippen LogP contribution is 2.47. The van der Waals surface area contributed by atoms with E-state index >= 15 is 0 Å². The highest BCUT2D eigenvalue weighted by Gasteiger charge is 2.66. The van der Waals surface area contributed by atoms with Crippen LogP contribution in [0.5, 0.6) is 0 Å². The second-order valence-electron chi connectivity index (χ2n) is 4.25. The van der Waals surface area contributed by atoms with Gasteiger partial charge in [0.15, 0.2) is 17.1 Å². The van der Waals surface area contributed by atoms with E-state index in [1.54, 1.807) is 5.92 Å². The van der Waals surface area contributed by atoms with Crippen LogP contribution < -0.4 is 5.56 Å². The summed E-state index contributed by atoms with van der Waals surface area (Å²) >= 11 is 4.80. The Balaban J connectivity index is 2.59. The number of ether oxygens (including phenoxy) is 1. The Kier molecular flexibility index (Phi) is 3.51. The summed E-state index contributed by atoms with van der Waals surface area (Å²) < 4.78 is 34.0. The monoisotopic (exact) mass is 304 g/mol. The normalized spacial score (nSPS) is 36.8. The number of hydrogen-bond donors (Lipinski definition) is 3. The van der Waals surface area contributed by atoms with E-state index in [1.807, 2.05) is 0 Å². The summed E-state index contributed by atoms with van der Waals surface area (Å²) in [6.45, 7) is -1.30. The second-order valence-corrected chi connectivity index (χ2v) is 4.63. The number of aromatic amines is 1. The van der Waals surface area contributed by atoms with Crippen LogP contribution in [0.15, 0.2) is 17.1 Å². The van der Waals surface area contributed by atoms with Crippen molar-refractivity contribution >= 4 is 12.2 Å². The Morgan fingerprint density at radius 2 is 2.30 bits per heavy atom. The third-order valence-corrected chi connectivity index (χ3v) is 3.33. The first kappa shape index (κ1) is 14.8. The van der Waals surface area contributed by atoms with Gasteiger partial charge < -0.3 is 14.9 Å². The number of H-pyrrole nitrogens is 1. The van der Waals surface area contributed by atoms with Gasteiger partial charge in [0.25, 0.3) is 11.4 Å². The van der Waals surface area contributed by atoms with Crippen molar-refractivity contribution in [2.75, 3.05) is 6.61 Å². The van der Waals surface area contributed by atoms with Gasteiger partial charge >= 0.3 is 0 Å². The molecule has 9 heteroatoms. The van der Waals surface area contributed by atoms with Crippen molar-refractivity contribution in [3.8, 4) is 12.3 Å². The van der Waals surface area contributed by atoms with Crippen molar-refractivity contribution in [3.63, 3.8) is 0 Å². The summed E-state index contributed by atoms with van der Waals surface area (Å²) in [6.07, 6.45) is 1.82. The maximum atomic E-state index is 14.6. The molecule has 0 bridgehead atoms. The molecule has 1 aromatic heterocycles. The number of aliphatic hydroxyl groups is 2. The van der Waals surface area contributed by atoms with Gasteiger partial charge in [-0.15, -0.1) is 6.42 Å². The molecule has 0 radical (unpaired) electrons. The van der Waals surface area contributed by atoms with E-state index < -0.39 is 36.0 Å². The Hall–Kier alpha value is -1.60. The summed E-state index contributed by atoms with van der Waals surface area (Å²) in [7, 11) is 0. The molecule has 0 aliphatic carbocycles. The van der Waals surface area contributed by atoms with Crippen molar-refractivity contribution in [2.24, 2.45) is 0 Å². The van der Waals surface area contributed by atoms with Crippen LogP contribution in [0.4, 0.5) is 8.78 Å². The molecule has 1 aromatic rings. The first-order valence-corrected chi connectivity index (χ1v) is 5.83. The zero-order chi connectivity index (χ0) is 15.1. The largest absolute Gasteiger partial charge is 0.390 e. The fourth-order valence-electron chi connectivity index (χ4n) is 1.93. The Morgan fingerprint density at radius 1 is 1.65 bits per heavy atom. The third kappa shape index (κ3) is 1.97. The van der Waals surface area contributed by atoms with E-state index in [0.717, 1.165) is 16.8 Å². The van der Waals surface area contributed by atoms with Gasteiger partial charge in [0, 0.05) is 12.3 Å². The van der Waals surface area contributed by atoms with Gasteiger partial charge in [0.2, 0.25) is 5.67 Å². The third-order valence-electron chi connectivity index (χ3n) is 3.01. The van der Waals surface area contributed by atoms with Crippen molar-refractivity contribution in [3.05, 3.63) is 27.4 Å². The predicted octanol–water partition coefficient (Wildman–Crippen LogP) is -0.205. The molecule has 3 N–H and O–H groups in total. The van der Waals surface area contributed by atoms with Crippen molar-refractivity contribution in [2.45, 2.75) is 23.9 Å². The molecule has 2 heterocycles. The molecule has 1 fully saturated rings. The van der Waals surface area contributed by atoms with Crippen LogP contribution in [0, 0.1) is 17.1 Å². The molecular weight excluding hydrogens is 294 g/mol. The van der Waals surface area contributed by atoms with Crippen LogP contribution in [0.1, 0.15) is 6.23 Å². The average molecular weight is 304 g/mol. The molecule has 1 aliphatic rings. The van der Waals surface area contributed by atoms with E-state index in [0.29, 0.717) is 0 Å². The zero-order valence-electron chi connectivity index (χ0n) is 9.92. The van der Waals surface area contributed by atoms with Gasteiger partial charge in [-0.25, -0.2) is 8.78 Å². The smallest absolute Gasteiger partial charge is 0.264 e. The van der Waals surface area contributed by atoms with E-state index in [2.05, 4.69) is 4.98 Å². The number of nitrogens with one attached hydrogen (secondary N) is 1. The molecule has 1 aliphatic heterocycles. The van der Waals surface area contributed by atoms with Crippen molar-refractivity contribution < 1.29 is 23.7 Å². The van der Waals surface area contributed by atoms with Gasteiger partial charge in [-0.2, -0.15) is 0 Å². The van der Waals surface area contributed by atoms with Crippen LogP contribution in [-0.2, 0) is 4.74 Å². The number of hydrogen-bond acceptors (Lipinski definition) is 5. The number of rotatable bonds is 2. The Labute approximate surface area is 116 Å². The minimum Gasteiger partial charge on any atom is -0.390 e. The SMILES string of the molecule is C#C[C@@]1(F)C(O)[C@@](F)(CO)O[C@H]1n1ccc(=O)[nH]c1=S. The van der Waals surface area contributed by atoms with Crippen LogP contribution >= 0.6 is 12.2 Å². The molecule has 20 heavy (non-hydrogen) atoms. The number of aromatic nitrogens is 2. The van der Waals surface area contributed by atoms with E-state index in [4.69, 9.17) is 28.5 Å². The molecule has 2 rings (SSSR count). The number of aliphatic hydroxyl groups excluding tert-OH is 2. The lowest BCUT2D eigenvalue weighted by molar-refractivity contribution is -0.207. The fourth-order valence-corrected chi connectivity index (χ4v) is 2.19. The second kappa shape index (κ2) is 4.75. The van der Waals surface area contributed by atoms with E-state index in [9.17, 15) is 18.7 Å². The lowest BCUT2D eigenvalue weighted by Gasteiger charge is -2.24. The number of halogens is 2. The van der Waals surface area contributed by atoms with Gasteiger partial charge in [-0.05, 0) is 12.2 Å². The molecule has 6 nitrogen and oxygen atoms in total. The summed E-state index contributed by atoms with van der Waals surface area (Å²) in [5, 5.41) is 18.6. The lowest BCUT2D eigenvalue weighted by atomic mass is 9.96. The van der Waals surface area contributed by atoms with Gasteiger partial charge in [0.1, 0.15) is 6.61 Å². The van der Waals surface area contributed by atoms with Gasteiger partial charge in [-0.3, -0.25) is 14.3 Å². The molecule has 1 unspecified atom stereocenters. The molecular formula is C11H10F2N2O4S. The first-order valence-electron chi connectivity index (χ1n) is 5.42. The van der Waals surface area contributed by atoms with Gasteiger partial charge in [-0.1, -0.05) is 5.92 Å². The predicted molar refractivity (Wildman–Crippen MR) is 65.6 cm³/mol. The standard InChI is InChI=1S/C11H10F2N2O4S/c1-2-10(12)7(18)11(13,5-16)19-8(10)15-4-3-6(17)14-9(15)20/h1,3-4,7-8,16,18H,5H2,(H,14,17,20)/t7?,8-,10-,11-/m1/s1. The first-order chi connectivity index (χ1) is 9.28. The molecule has 0 saturated carbocycles. The van der Waals surface area contributed by atoms with Crippen LogP contribution in [0.3, 0.4) is 0 Å².